The average molecular weight is 248 g/mol. The Morgan fingerprint density at radius 2 is 1.94 bits per heavy atom. The molecule has 4 nitrogen and oxygen atoms in total. The molecule has 1 saturated heterocycles. The maximum absolute atomic E-state index is 11.0. The molecule has 1 fully saturated rings. The molecular weight excluding hydrogens is 228 g/mol. The van der Waals surface area contributed by atoms with E-state index in [2.05, 4.69) is 4.90 Å². The number of primary amides is 1. The normalized spacial score (nSPS) is 17.6. The first-order valence-corrected chi connectivity index (χ1v) is 6.45. The highest BCUT2D eigenvalue weighted by molar-refractivity contribution is 5.76. The van der Waals surface area contributed by atoms with Crippen LogP contribution in [0.3, 0.4) is 0 Å². The van der Waals surface area contributed by atoms with Crippen LogP contribution >= 0.6 is 0 Å². The number of hydrogen-bond acceptors (Lipinski definition) is 3. The predicted molar refractivity (Wildman–Crippen MR) is 70.3 cm³/mol. The summed E-state index contributed by atoms with van der Waals surface area (Å²) >= 11 is 0. The second-order valence-corrected chi connectivity index (χ2v) is 4.68. The van der Waals surface area contributed by atoms with Gasteiger partial charge in [-0.1, -0.05) is 18.2 Å². The lowest BCUT2D eigenvalue weighted by Crippen LogP contribution is -2.40. The van der Waals surface area contributed by atoms with Crippen molar-refractivity contribution in [3.8, 4) is 5.75 Å². The first-order chi connectivity index (χ1) is 8.75. The van der Waals surface area contributed by atoms with Crippen LogP contribution in [-0.4, -0.2) is 37.0 Å². The number of likely N-dealkylation sites (tertiary alicyclic amines) is 1. The van der Waals surface area contributed by atoms with Gasteiger partial charge in [0, 0.05) is 12.5 Å². The molecule has 1 amide bonds. The SMILES string of the molecule is NC(=O)C1CCN(CCOc2ccccc2)CC1. The third kappa shape index (κ3) is 3.74. The molecule has 1 aliphatic rings. The molecule has 0 radical (unpaired) electrons. The first-order valence-electron chi connectivity index (χ1n) is 6.45. The van der Waals surface area contributed by atoms with Gasteiger partial charge < -0.3 is 10.5 Å². The highest BCUT2D eigenvalue weighted by Crippen LogP contribution is 2.16. The molecule has 1 aliphatic heterocycles. The summed E-state index contributed by atoms with van der Waals surface area (Å²) in [7, 11) is 0. The largest absolute Gasteiger partial charge is 0.492 e. The topological polar surface area (TPSA) is 55.6 Å². The monoisotopic (exact) mass is 248 g/mol. The molecule has 0 aliphatic carbocycles. The maximum Gasteiger partial charge on any atom is 0.220 e. The fourth-order valence-corrected chi connectivity index (χ4v) is 2.25. The van der Waals surface area contributed by atoms with Gasteiger partial charge in [-0.2, -0.15) is 0 Å². The molecule has 0 saturated carbocycles. The summed E-state index contributed by atoms with van der Waals surface area (Å²) in [5.74, 6) is 0.816. The van der Waals surface area contributed by atoms with Gasteiger partial charge in [0.25, 0.3) is 0 Å². The van der Waals surface area contributed by atoms with E-state index in [0.717, 1.165) is 38.2 Å². The number of carbonyl (C=O) groups excluding carboxylic acids is 1. The molecule has 1 heterocycles. The zero-order valence-electron chi connectivity index (χ0n) is 10.5. The molecule has 0 bridgehead atoms. The number of ether oxygens (including phenoxy) is 1. The van der Waals surface area contributed by atoms with E-state index in [1.54, 1.807) is 0 Å². The van der Waals surface area contributed by atoms with Crippen LogP contribution in [0, 0.1) is 5.92 Å². The van der Waals surface area contributed by atoms with E-state index < -0.39 is 0 Å². The molecule has 0 spiro atoms. The minimum Gasteiger partial charge on any atom is -0.492 e. The highest BCUT2D eigenvalue weighted by Gasteiger charge is 2.22. The van der Waals surface area contributed by atoms with Crippen molar-refractivity contribution in [2.75, 3.05) is 26.2 Å². The van der Waals surface area contributed by atoms with Crippen molar-refractivity contribution in [1.29, 1.82) is 0 Å². The Morgan fingerprint density at radius 3 is 2.56 bits per heavy atom. The summed E-state index contributed by atoms with van der Waals surface area (Å²) in [6.07, 6.45) is 1.75. The van der Waals surface area contributed by atoms with Crippen LogP contribution in [0.25, 0.3) is 0 Å². The van der Waals surface area contributed by atoms with E-state index in [-0.39, 0.29) is 11.8 Å². The molecule has 0 atom stereocenters. The fourth-order valence-electron chi connectivity index (χ4n) is 2.25. The first kappa shape index (κ1) is 12.9. The molecule has 0 aromatic heterocycles. The van der Waals surface area contributed by atoms with Gasteiger partial charge in [-0.15, -0.1) is 0 Å². The molecular formula is C14H20N2O2. The predicted octanol–water partition coefficient (Wildman–Crippen LogP) is 1.26. The molecule has 2 N–H and O–H groups in total. The third-order valence-corrected chi connectivity index (χ3v) is 3.41. The lowest BCUT2D eigenvalue weighted by Gasteiger charge is -2.30. The van der Waals surface area contributed by atoms with Crippen LogP contribution in [0.15, 0.2) is 30.3 Å². The van der Waals surface area contributed by atoms with Crippen LogP contribution in [-0.2, 0) is 4.79 Å². The second-order valence-electron chi connectivity index (χ2n) is 4.68. The van der Waals surface area contributed by atoms with Gasteiger partial charge in [0.1, 0.15) is 12.4 Å². The average Bonchev–Trinajstić information content (AvgIpc) is 2.40. The van der Waals surface area contributed by atoms with Crippen LogP contribution in [0.1, 0.15) is 12.8 Å². The van der Waals surface area contributed by atoms with Crippen LogP contribution in [0.2, 0.25) is 0 Å². The Kier molecular flexibility index (Phi) is 4.59. The Hall–Kier alpha value is -1.55. The molecule has 2 rings (SSSR count). The number of para-hydroxylation sites is 1. The van der Waals surface area contributed by atoms with E-state index in [4.69, 9.17) is 10.5 Å². The molecule has 18 heavy (non-hydrogen) atoms. The number of hydrogen-bond donors (Lipinski definition) is 1. The van der Waals surface area contributed by atoms with E-state index in [0.29, 0.717) is 6.61 Å². The van der Waals surface area contributed by atoms with Crippen molar-refractivity contribution in [1.82, 2.24) is 4.90 Å². The number of amides is 1. The number of piperidine rings is 1. The van der Waals surface area contributed by atoms with Crippen LogP contribution in [0.5, 0.6) is 5.75 Å². The summed E-state index contributed by atoms with van der Waals surface area (Å²) in [5, 5.41) is 0. The van der Waals surface area contributed by atoms with E-state index >= 15 is 0 Å². The standard InChI is InChI=1S/C14H20N2O2/c15-14(17)12-6-8-16(9-7-12)10-11-18-13-4-2-1-3-5-13/h1-5,12H,6-11H2,(H2,15,17). The van der Waals surface area contributed by atoms with E-state index in [9.17, 15) is 4.79 Å². The second kappa shape index (κ2) is 6.40. The quantitative estimate of drug-likeness (QED) is 0.853. The summed E-state index contributed by atoms with van der Waals surface area (Å²) in [6, 6.07) is 9.82. The van der Waals surface area contributed by atoms with Crippen molar-refractivity contribution in [3.05, 3.63) is 30.3 Å². The lowest BCUT2D eigenvalue weighted by molar-refractivity contribution is -0.123. The molecule has 1 aromatic carbocycles. The number of carbonyl (C=O) groups is 1. The zero-order valence-corrected chi connectivity index (χ0v) is 10.5. The highest BCUT2D eigenvalue weighted by atomic mass is 16.5. The van der Waals surface area contributed by atoms with Crippen molar-refractivity contribution >= 4 is 5.91 Å². The Balaban J connectivity index is 1.65. The number of nitrogens with zero attached hydrogens (tertiary/aromatic N) is 1. The van der Waals surface area contributed by atoms with E-state index in [1.807, 2.05) is 30.3 Å². The van der Waals surface area contributed by atoms with Crippen LogP contribution < -0.4 is 10.5 Å². The Labute approximate surface area is 108 Å². The molecule has 1 aromatic rings. The van der Waals surface area contributed by atoms with Gasteiger partial charge in [-0.25, -0.2) is 0 Å². The lowest BCUT2D eigenvalue weighted by atomic mass is 9.96. The van der Waals surface area contributed by atoms with Gasteiger partial charge in [0.2, 0.25) is 5.91 Å². The summed E-state index contributed by atoms with van der Waals surface area (Å²) < 4.78 is 5.65. The maximum atomic E-state index is 11.0. The van der Waals surface area contributed by atoms with Gasteiger partial charge in [0.15, 0.2) is 0 Å². The van der Waals surface area contributed by atoms with Crippen molar-refractivity contribution in [3.63, 3.8) is 0 Å². The summed E-state index contributed by atoms with van der Waals surface area (Å²) in [4.78, 5) is 13.4. The Morgan fingerprint density at radius 1 is 1.28 bits per heavy atom. The van der Waals surface area contributed by atoms with Crippen molar-refractivity contribution in [2.24, 2.45) is 11.7 Å². The fraction of sp³-hybridized carbons (Fsp3) is 0.500. The number of rotatable bonds is 5. The molecule has 0 unspecified atom stereocenters. The van der Waals surface area contributed by atoms with Crippen LogP contribution in [0.4, 0.5) is 0 Å². The van der Waals surface area contributed by atoms with Gasteiger partial charge in [0.05, 0.1) is 0 Å². The Bertz CT molecular complexity index is 373. The van der Waals surface area contributed by atoms with E-state index in [1.165, 1.54) is 0 Å². The minimum absolute atomic E-state index is 0.0660. The van der Waals surface area contributed by atoms with Gasteiger partial charge >= 0.3 is 0 Å². The number of benzene rings is 1. The zero-order chi connectivity index (χ0) is 12.8. The minimum atomic E-state index is -0.157. The summed E-state index contributed by atoms with van der Waals surface area (Å²) in [6.45, 7) is 3.46. The molecule has 98 valence electrons. The molecule has 4 heteroatoms. The third-order valence-electron chi connectivity index (χ3n) is 3.41. The van der Waals surface area contributed by atoms with Gasteiger partial charge in [-0.3, -0.25) is 9.69 Å². The van der Waals surface area contributed by atoms with Crippen molar-refractivity contribution < 1.29 is 9.53 Å². The van der Waals surface area contributed by atoms with Crippen molar-refractivity contribution in [2.45, 2.75) is 12.8 Å². The number of nitrogens with two attached hydrogens (primary N) is 1. The smallest absolute Gasteiger partial charge is 0.220 e. The van der Waals surface area contributed by atoms with Gasteiger partial charge in [-0.05, 0) is 38.1 Å². The summed E-state index contributed by atoms with van der Waals surface area (Å²) in [5.41, 5.74) is 5.31.